The van der Waals surface area contributed by atoms with E-state index < -0.39 is 0 Å². The van der Waals surface area contributed by atoms with Crippen LogP contribution in [-0.4, -0.2) is 10.7 Å². The molecule has 86 valence electrons. The van der Waals surface area contributed by atoms with E-state index in [4.69, 9.17) is 9.68 Å². The topological polar surface area (TPSA) is 49.8 Å². The molecule has 0 amide bonds. The first-order chi connectivity index (χ1) is 8.29. The summed E-state index contributed by atoms with van der Waals surface area (Å²) in [4.78, 5) is 4.20. The molecule has 0 aliphatic rings. The summed E-state index contributed by atoms with van der Waals surface area (Å²) < 4.78 is 5.24. The van der Waals surface area contributed by atoms with E-state index in [1.165, 1.54) is 11.8 Å². The summed E-state index contributed by atoms with van der Waals surface area (Å²) in [5.74, 6) is 0.522. The zero-order chi connectivity index (χ0) is 12.1. The molecule has 1 atom stereocenters. The van der Waals surface area contributed by atoms with Crippen LogP contribution in [0.2, 0.25) is 0 Å². The van der Waals surface area contributed by atoms with Crippen LogP contribution >= 0.6 is 11.8 Å². The first kappa shape index (κ1) is 11.7. The van der Waals surface area contributed by atoms with Gasteiger partial charge >= 0.3 is 0 Å². The van der Waals surface area contributed by atoms with Gasteiger partial charge in [-0.3, -0.25) is 0 Å². The van der Waals surface area contributed by atoms with Gasteiger partial charge in [-0.05, 0) is 12.5 Å². The summed E-state index contributed by atoms with van der Waals surface area (Å²) in [7, 11) is 0. The fourth-order valence-electron chi connectivity index (χ4n) is 1.45. The van der Waals surface area contributed by atoms with E-state index >= 15 is 0 Å². The third-order valence-corrected chi connectivity index (χ3v) is 3.26. The number of aryl methyl sites for hydroxylation is 1. The number of hydrogen-bond donors (Lipinski definition) is 0. The van der Waals surface area contributed by atoms with Gasteiger partial charge in [0.2, 0.25) is 0 Å². The quantitative estimate of drug-likeness (QED) is 0.773. The molecule has 0 aliphatic carbocycles. The van der Waals surface area contributed by atoms with Gasteiger partial charge in [0.25, 0.3) is 5.22 Å². The van der Waals surface area contributed by atoms with Crippen LogP contribution in [-0.2, 0) is 0 Å². The van der Waals surface area contributed by atoms with Crippen LogP contribution in [0, 0.1) is 18.3 Å². The van der Waals surface area contributed by atoms with Crippen molar-refractivity contribution in [2.75, 3.05) is 5.75 Å². The largest absolute Gasteiger partial charge is 0.440 e. The molecule has 0 saturated carbocycles. The second kappa shape index (κ2) is 5.55. The Morgan fingerprint density at radius 1 is 1.41 bits per heavy atom. The van der Waals surface area contributed by atoms with Crippen molar-refractivity contribution in [2.24, 2.45) is 0 Å². The molecule has 0 aliphatic heterocycles. The van der Waals surface area contributed by atoms with E-state index in [0.717, 1.165) is 11.3 Å². The molecule has 4 heteroatoms. The molecule has 0 fully saturated rings. The zero-order valence-electron chi connectivity index (χ0n) is 9.46. The first-order valence-corrected chi connectivity index (χ1v) is 6.27. The van der Waals surface area contributed by atoms with Gasteiger partial charge < -0.3 is 4.42 Å². The standard InChI is InChI=1S/C13H12N2OS/c1-10-8-16-13(15-10)17-9-12(7-14)11-5-3-2-4-6-11/h2-6,8,12H,9H2,1H3. The molecule has 17 heavy (non-hydrogen) atoms. The van der Waals surface area contributed by atoms with Gasteiger partial charge in [-0.15, -0.1) is 0 Å². The molecule has 0 N–H and O–H groups in total. The molecule has 2 rings (SSSR count). The monoisotopic (exact) mass is 244 g/mol. The third kappa shape index (κ3) is 3.11. The lowest BCUT2D eigenvalue weighted by Gasteiger charge is -2.06. The molecule has 0 saturated heterocycles. The highest BCUT2D eigenvalue weighted by Crippen LogP contribution is 2.25. The summed E-state index contributed by atoms with van der Waals surface area (Å²) in [5.41, 5.74) is 1.89. The highest BCUT2D eigenvalue weighted by atomic mass is 32.2. The summed E-state index contributed by atoms with van der Waals surface area (Å²) in [6.07, 6.45) is 1.62. The van der Waals surface area contributed by atoms with Crippen molar-refractivity contribution in [3.63, 3.8) is 0 Å². The highest BCUT2D eigenvalue weighted by Gasteiger charge is 2.12. The van der Waals surface area contributed by atoms with Gasteiger partial charge in [0.1, 0.15) is 6.26 Å². The lowest BCUT2D eigenvalue weighted by Crippen LogP contribution is -1.98. The van der Waals surface area contributed by atoms with Crippen molar-refractivity contribution in [3.05, 3.63) is 47.9 Å². The van der Waals surface area contributed by atoms with Crippen molar-refractivity contribution in [3.8, 4) is 6.07 Å². The molecular weight excluding hydrogens is 232 g/mol. The van der Waals surface area contributed by atoms with Crippen LogP contribution in [0.5, 0.6) is 0 Å². The van der Waals surface area contributed by atoms with Crippen LogP contribution in [0.25, 0.3) is 0 Å². The van der Waals surface area contributed by atoms with E-state index in [1.807, 2.05) is 37.3 Å². The molecule has 1 heterocycles. The Kier molecular flexibility index (Phi) is 3.84. The van der Waals surface area contributed by atoms with Gasteiger partial charge in [-0.25, -0.2) is 4.98 Å². The molecule has 1 aromatic heterocycles. The van der Waals surface area contributed by atoms with Crippen LogP contribution in [0.3, 0.4) is 0 Å². The Labute approximate surface area is 104 Å². The van der Waals surface area contributed by atoms with Crippen LogP contribution < -0.4 is 0 Å². The van der Waals surface area contributed by atoms with Gasteiger partial charge in [0.15, 0.2) is 0 Å². The maximum atomic E-state index is 9.15. The molecular formula is C13H12N2OS. The SMILES string of the molecule is Cc1coc(SCC(C#N)c2ccccc2)n1. The lowest BCUT2D eigenvalue weighted by molar-refractivity contribution is 0.454. The van der Waals surface area contributed by atoms with Gasteiger partial charge in [-0.2, -0.15) is 5.26 Å². The molecule has 0 radical (unpaired) electrons. The average Bonchev–Trinajstić information content (AvgIpc) is 2.77. The summed E-state index contributed by atoms with van der Waals surface area (Å²) in [6.45, 7) is 1.88. The number of hydrogen-bond acceptors (Lipinski definition) is 4. The first-order valence-electron chi connectivity index (χ1n) is 5.29. The Hall–Kier alpha value is -1.73. The van der Waals surface area contributed by atoms with Crippen molar-refractivity contribution >= 4 is 11.8 Å². The van der Waals surface area contributed by atoms with Crippen LogP contribution in [0.1, 0.15) is 17.2 Å². The third-order valence-electron chi connectivity index (χ3n) is 2.33. The van der Waals surface area contributed by atoms with Gasteiger partial charge in [0.05, 0.1) is 17.7 Å². The highest BCUT2D eigenvalue weighted by molar-refractivity contribution is 7.99. The maximum Gasteiger partial charge on any atom is 0.255 e. The molecule has 3 nitrogen and oxygen atoms in total. The van der Waals surface area contributed by atoms with Crippen LogP contribution in [0.4, 0.5) is 0 Å². The van der Waals surface area contributed by atoms with Crippen molar-refractivity contribution < 1.29 is 4.42 Å². The normalized spacial score (nSPS) is 12.0. The average molecular weight is 244 g/mol. The van der Waals surface area contributed by atoms with E-state index in [9.17, 15) is 0 Å². The van der Waals surface area contributed by atoms with E-state index in [-0.39, 0.29) is 5.92 Å². The number of oxazole rings is 1. The number of benzene rings is 1. The molecule has 2 aromatic rings. The van der Waals surface area contributed by atoms with E-state index in [1.54, 1.807) is 6.26 Å². The number of nitrogens with zero attached hydrogens (tertiary/aromatic N) is 2. The summed E-state index contributed by atoms with van der Waals surface area (Å²) >= 11 is 1.47. The molecule has 1 aromatic carbocycles. The maximum absolute atomic E-state index is 9.15. The Morgan fingerprint density at radius 2 is 2.18 bits per heavy atom. The lowest BCUT2D eigenvalue weighted by atomic mass is 10.0. The zero-order valence-corrected chi connectivity index (χ0v) is 10.3. The predicted molar refractivity (Wildman–Crippen MR) is 66.8 cm³/mol. The van der Waals surface area contributed by atoms with Crippen molar-refractivity contribution in [2.45, 2.75) is 18.1 Å². The number of thioether (sulfide) groups is 1. The van der Waals surface area contributed by atoms with E-state index in [0.29, 0.717) is 11.0 Å². The van der Waals surface area contributed by atoms with Crippen LogP contribution in [0.15, 0.2) is 46.2 Å². The summed E-state index contributed by atoms with van der Waals surface area (Å²) in [5, 5.41) is 9.77. The fourth-order valence-corrected chi connectivity index (χ4v) is 2.35. The van der Waals surface area contributed by atoms with Crippen molar-refractivity contribution in [1.29, 1.82) is 5.26 Å². The minimum atomic E-state index is -0.131. The van der Waals surface area contributed by atoms with Gasteiger partial charge in [-0.1, -0.05) is 42.1 Å². The fraction of sp³-hybridized carbons (Fsp3) is 0.231. The summed E-state index contributed by atoms with van der Waals surface area (Å²) in [6, 6.07) is 12.1. The minimum absolute atomic E-state index is 0.131. The van der Waals surface area contributed by atoms with Crippen molar-refractivity contribution in [1.82, 2.24) is 4.98 Å². The Balaban J connectivity index is 2.00. The molecule has 0 bridgehead atoms. The second-order valence-corrected chi connectivity index (χ2v) is 4.63. The van der Waals surface area contributed by atoms with Gasteiger partial charge in [0, 0.05) is 5.75 Å². The smallest absolute Gasteiger partial charge is 0.255 e. The Bertz CT molecular complexity index is 516. The number of nitriles is 1. The molecule has 0 spiro atoms. The molecule has 1 unspecified atom stereocenters. The number of rotatable bonds is 4. The minimum Gasteiger partial charge on any atom is -0.440 e. The van der Waals surface area contributed by atoms with E-state index in [2.05, 4.69) is 11.1 Å². The predicted octanol–water partition coefficient (Wildman–Crippen LogP) is 3.38. The second-order valence-electron chi connectivity index (χ2n) is 3.66. The number of aromatic nitrogens is 1. The Morgan fingerprint density at radius 3 is 2.76 bits per heavy atom.